The van der Waals surface area contributed by atoms with Crippen molar-refractivity contribution >= 4 is 5.69 Å². The molecule has 0 saturated heterocycles. The van der Waals surface area contributed by atoms with Crippen LogP contribution in [0.4, 0.5) is 5.69 Å². The highest BCUT2D eigenvalue weighted by Gasteiger charge is 2.11. The van der Waals surface area contributed by atoms with Crippen LogP contribution < -0.4 is 11.2 Å². The van der Waals surface area contributed by atoms with Gasteiger partial charge in [0, 0.05) is 23.2 Å². The summed E-state index contributed by atoms with van der Waals surface area (Å²) in [5, 5.41) is 9.87. The summed E-state index contributed by atoms with van der Waals surface area (Å²) in [4.78, 5) is 11.6. The van der Waals surface area contributed by atoms with Crippen molar-refractivity contribution in [2.24, 2.45) is 0 Å². The SMILES string of the molecule is Nc1ccc(C2C=CC=CC=C2)c(O)c(=O)c1. The minimum Gasteiger partial charge on any atom is -0.504 e. The average Bonchev–Trinajstić information content (AvgIpc) is 2.62. The number of nitrogens with two attached hydrogens (primary N) is 1. The molecule has 0 heterocycles. The van der Waals surface area contributed by atoms with Gasteiger partial charge >= 0.3 is 0 Å². The van der Waals surface area contributed by atoms with Gasteiger partial charge in [-0.3, -0.25) is 4.79 Å². The first kappa shape index (κ1) is 11.2. The Morgan fingerprint density at radius 3 is 2.35 bits per heavy atom. The van der Waals surface area contributed by atoms with Crippen molar-refractivity contribution in [2.75, 3.05) is 5.73 Å². The molecule has 0 unspecified atom stereocenters. The second-order valence-electron chi connectivity index (χ2n) is 3.83. The third-order valence-corrected chi connectivity index (χ3v) is 2.59. The molecule has 0 atom stereocenters. The summed E-state index contributed by atoms with van der Waals surface area (Å²) in [6.45, 7) is 0. The summed E-state index contributed by atoms with van der Waals surface area (Å²) in [6.07, 6.45) is 11.4. The van der Waals surface area contributed by atoms with Gasteiger partial charge in [0.1, 0.15) is 0 Å². The van der Waals surface area contributed by atoms with Gasteiger partial charge in [-0.2, -0.15) is 0 Å². The molecule has 3 nitrogen and oxygen atoms in total. The van der Waals surface area contributed by atoms with Gasteiger partial charge in [-0.15, -0.1) is 0 Å². The van der Waals surface area contributed by atoms with E-state index in [1.165, 1.54) is 6.07 Å². The molecule has 0 fully saturated rings. The fourth-order valence-corrected chi connectivity index (χ4v) is 1.71. The lowest BCUT2D eigenvalue weighted by atomic mass is 9.99. The van der Waals surface area contributed by atoms with Gasteiger partial charge in [0.15, 0.2) is 5.75 Å². The third kappa shape index (κ3) is 2.45. The van der Waals surface area contributed by atoms with Crippen LogP contribution in [0.2, 0.25) is 0 Å². The highest BCUT2D eigenvalue weighted by Crippen LogP contribution is 2.26. The van der Waals surface area contributed by atoms with Gasteiger partial charge in [-0.25, -0.2) is 0 Å². The Bertz CT molecular complexity index is 555. The van der Waals surface area contributed by atoms with Gasteiger partial charge in [0.05, 0.1) is 0 Å². The number of hydrogen-bond donors (Lipinski definition) is 2. The smallest absolute Gasteiger partial charge is 0.222 e. The number of hydrogen-bond acceptors (Lipinski definition) is 3. The standard InChI is InChI=1S/C14H13NO2/c15-11-7-8-12(14(17)13(16)9-11)10-5-3-1-2-4-6-10/h1-10H,15H2,(H,16,17). The summed E-state index contributed by atoms with van der Waals surface area (Å²) in [6, 6.07) is 4.52. The van der Waals surface area contributed by atoms with E-state index in [1.807, 2.05) is 36.5 Å². The van der Waals surface area contributed by atoms with Crippen molar-refractivity contribution in [1.82, 2.24) is 0 Å². The predicted molar refractivity (Wildman–Crippen MR) is 69.0 cm³/mol. The molecule has 3 N–H and O–H groups in total. The fourth-order valence-electron chi connectivity index (χ4n) is 1.71. The summed E-state index contributed by atoms with van der Waals surface area (Å²) in [7, 11) is 0. The lowest BCUT2D eigenvalue weighted by molar-refractivity contribution is 0.464. The Kier molecular flexibility index (Phi) is 3.10. The number of anilines is 1. The molecule has 3 heteroatoms. The molecule has 17 heavy (non-hydrogen) atoms. The average molecular weight is 227 g/mol. The van der Waals surface area contributed by atoms with E-state index >= 15 is 0 Å². The van der Waals surface area contributed by atoms with E-state index in [-0.39, 0.29) is 11.7 Å². The van der Waals surface area contributed by atoms with Crippen molar-refractivity contribution in [3.63, 3.8) is 0 Å². The van der Waals surface area contributed by atoms with E-state index in [0.29, 0.717) is 11.3 Å². The lowest BCUT2D eigenvalue weighted by Gasteiger charge is -2.06. The quantitative estimate of drug-likeness (QED) is 0.772. The minimum atomic E-state index is -0.457. The van der Waals surface area contributed by atoms with Crippen LogP contribution in [-0.4, -0.2) is 5.11 Å². The van der Waals surface area contributed by atoms with Crippen molar-refractivity contribution in [1.29, 1.82) is 0 Å². The highest BCUT2D eigenvalue weighted by atomic mass is 16.3. The number of allylic oxidation sites excluding steroid dienone is 6. The number of aromatic hydroxyl groups is 1. The van der Waals surface area contributed by atoms with Crippen LogP contribution in [0.5, 0.6) is 5.75 Å². The number of nitrogen functional groups attached to an aromatic ring is 1. The van der Waals surface area contributed by atoms with Crippen LogP contribution >= 0.6 is 0 Å². The molecule has 0 aliphatic heterocycles. The van der Waals surface area contributed by atoms with E-state index in [9.17, 15) is 9.90 Å². The summed E-state index contributed by atoms with van der Waals surface area (Å²) in [5.41, 5.74) is 6.02. The van der Waals surface area contributed by atoms with E-state index in [1.54, 1.807) is 12.1 Å². The molecule has 1 aromatic rings. The minimum absolute atomic E-state index is 0.121. The van der Waals surface area contributed by atoms with Gasteiger partial charge in [0.2, 0.25) is 5.43 Å². The highest BCUT2D eigenvalue weighted by molar-refractivity contribution is 5.47. The monoisotopic (exact) mass is 227 g/mol. The summed E-state index contributed by atoms with van der Waals surface area (Å²) in [5.74, 6) is -0.368. The van der Waals surface area contributed by atoms with Gasteiger partial charge in [-0.05, 0) is 6.07 Å². The Hall–Kier alpha value is -2.29. The van der Waals surface area contributed by atoms with Crippen LogP contribution in [0.15, 0.2) is 59.4 Å². The molecule has 1 aliphatic carbocycles. The Morgan fingerprint density at radius 1 is 1.06 bits per heavy atom. The van der Waals surface area contributed by atoms with Crippen LogP contribution in [-0.2, 0) is 0 Å². The van der Waals surface area contributed by atoms with Crippen molar-refractivity contribution in [3.05, 3.63) is 70.4 Å². The molecular formula is C14H13NO2. The molecule has 0 saturated carbocycles. The molecule has 0 aromatic heterocycles. The maximum atomic E-state index is 11.6. The summed E-state index contributed by atoms with van der Waals surface area (Å²) < 4.78 is 0. The molecule has 1 aliphatic rings. The largest absolute Gasteiger partial charge is 0.504 e. The lowest BCUT2D eigenvalue weighted by Crippen LogP contribution is -2.00. The Morgan fingerprint density at radius 2 is 1.71 bits per heavy atom. The Labute approximate surface area is 99.2 Å². The first-order valence-electron chi connectivity index (χ1n) is 5.33. The van der Waals surface area contributed by atoms with Gasteiger partial charge < -0.3 is 10.8 Å². The normalized spacial score (nSPS) is 14.8. The molecule has 0 spiro atoms. The van der Waals surface area contributed by atoms with Crippen LogP contribution in [0.3, 0.4) is 0 Å². The second-order valence-corrected chi connectivity index (χ2v) is 3.83. The maximum absolute atomic E-state index is 11.6. The molecular weight excluding hydrogens is 214 g/mol. The maximum Gasteiger partial charge on any atom is 0.222 e. The number of rotatable bonds is 1. The second kappa shape index (κ2) is 4.70. The molecule has 2 rings (SSSR count). The first-order valence-corrected chi connectivity index (χ1v) is 5.33. The van der Waals surface area contributed by atoms with E-state index in [2.05, 4.69) is 0 Å². The van der Waals surface area contributed by atoms with Crippen molar-refractivity contribution < 1.29 is 5.11 Å². The Balaban J connectivity index is 2.57. The first-order chi connectivity index (χ1) is 8.18. The fraction of sp³-hybridized carbons (Fsp3) is 0.0714. The van der Waals surface area contributed by atoms with Crippen molar-refractivity contribution in [2.45, 2.75) is 5.92 Å². The molecule has 0 amide bonds. The molecule has 0 bridgehead atoms. The topological polar surface area (TPSA) is 63.3 Å². The molecule has 86 valence electrons. The van der Waals surface area contributed by atoms with E-state index in [0.717, 1.165) is 0 Å². The van der Waals surface area contributed by atoms with Crippen molar-refractivity contribution in [3.8, 4) is 5.75 Å². The predicted octanol–water partition coefficient (Wildman–Crippen LogP) is 2.10. The zero-order valence-corrected chi connectivity index (χ0v) is 9.21. The van der Waals surface area contributed by atoms with E-state index < -0.39 is 5.43 Å². The molecule has 1 aromatic carbocycles. The van der Waals surface area contributed by atoms with Crippen LogP contribution in [0, 0.1) is 0 Å². The van der Waals surface area contributed by atoms with Crippen LogP contribution in [0.25, 0.3) is 0 Å². The van der Waals surface area contributed by atoms with Gasteiger partial charge in [-0.1, -0.05) is 42.5 Å². The summed E-state index contributed by atoms with van der Waals surface area (Å²) >= 11 is 0. The molecule has 0 radical (unpaired) electrons. The van der Waals surface area contributed by atoms with E-state index in [4.69, 9.17) is 5.73 Å². The van der Waals surface area contributed by atoms with Crippen LogP contribution in [0.1, 0.15) is 11.5 Å². The van der Waals surface area contributed by atoms with Gasteiger partial charge in [0.25, 0.3) is 0 Å². The zero-order valence-electron chi connectivity index (χ0n) is 9.21. The third-order valence-electron chi connectivity index (χ3n) is 2.59. The zero-order chi connectivity index (χ0) is 12.3.